The predicted octanol–water partition coefficient (Wildman–Crippen LogP) is 3.01. The van der Waals surface area contributed by atoms with Crippen LogP contribution >= 0.6 is 0 Å². The summed E-state index contributed by atoms with van der Waals surface area (Å²) in [6.07, 6.45) is 3.42. The van der Waals surface area contributed by atoms with E-state index in [1.54, 1.807) is 6.92 Å². The zero-order valence-electron chi connectivity index (χ0n) is 11.8. The number of esters is 1. The third-order valence-corrected chi connectivity index (χ3v) is 2.93. The molecule has 0 radical (unpaired) electrons. The van der Waals surface area contributed by atoms with Gasteiger partial charge in [-0.05, 0) is 32.7 Å². The van der Waals surface area contributed by atoms with Gasteiger partial charge in [0, 0.05) is 18.2 Å². The Kier molecular flexibility index (Phi) is 8.78. The molecular weight excluding hydrogens is 214 g/mol. The molecule has 0 N–H and O–H groups in total. The van der Waals surface area contributed by atoms with Crippen molar-refractivity contribution >= 4 is 5.97 Å². The van der Waals surface area contributed by atoms with Crippen LogP contribution in [0.3, 0.4) is 0 Å². The molecule has 0 aromatic heterocycles. The number of carbonyl (C=O) groups excluding carboxylic acids is 1. The highest BCUT2D eigenvalue weighted by atomic mass is 16.5. The molecule has 100 valence electrons. The zero-order chi connectivity index (χ0) is 13.3. The Morgan fingerprint density at radius 3 is 2.24 bits per heavy atom. The van der Waals surface area contributed by atoms with Gasteiger partial charge in [-0.15, -0.1) is 0 Å². The molecule has 0 saturated carbocycles. The Bertz CT molecular complexity index is 234. The normalized spacial score (nSPS) is 10.9. The molecule has 3 nitrogen and oxygen atoms in total. The highest BCUT2D eigenvalue weighted by Crippen LogP contribution is 2.09. The van der Waals surface area contributed by atoms with E-state index in [1.807, 2.05) is 0 Å². The lowest BCUT2D eigenvalue weighted by molar-refractivity contribution is -0.139. The fraction of sp³-hybridized carbons (Fsp3) is 0.786. The van der Waals surface area contributed by atoms with Crippen molar-refractivity contribution in [3.05, 3.63) is 12.2 Å². The van der Waals surface area contributed by atoms with E-state index in [0.29, 0.717) is 18.2 Å². The van der Waals surface area contributed by atoms with Crippen molar-refractivity contribution in [3.63, 3.8) is 0 Å². The lowest BCUT2D eigenvalue weighted by atomic mass is 10.1. The van der Waals surface area contributed by atoms with E-state index in [9.17, 15) is 4.79 Å². The maximum atomic E-state index is 11.3. The maximum Gasteiger partial charge on any atom is 0.333 e. The Morgan fingerprint density at radius 1 is 1.24 bits per heavy atom. The van der Waals surface area contributed by atoms with Crippen LogP contribution in [0.4, 0.5) is 0 Å². The molecule has 0 aliphatic rings. The number of hydrogen-bond donors (Lipinski definition) is 0. The van der Waals surface area contributed by atoms with Gasteiger partial charge >= 0.3 is 5.97 Å². The zero-order valence-corrected chi connectivity index (χ0v) is 11.8. The number of nitrogens with zero attached hydrogens (tertiary/aromatic N) is 1. The van der Waals surface area contributed by atoms with Gasteiger partial charge in [0.25, 0.3) is 0 Å². The summed E-state index contributed by atoms with van der Waals surface area (Å²) in [5.74, 6) is -0.286. The van der Waals surface area contributed by atoms with Crippen molar-refractivity contribution in [2.24, 2.45) is 0 Å². The number of carbonyl (C=O) groups is 1. The quantitative estimate of drug-likeness (QED) is 0.459. The lowest BCUT2D eigenvalue weighted by Gasteiger charge is -2.29. The highest BCUT2D eigenvalue weighted by molar-refractivity contribution is 5.86. The minimum Gasteiger partial charge on any atom is -0.461 e. The van der Waals surface area contributed by atoms with E-state index in [4.69, 9.17) is 4.74 Å². The second-order valence-corrected chi connectivity index (χ2v) is 4.42. The van der Waals surface area contributed by atoms with E-state index in [1.165, 1.54) is 0 Å². The van der Waals surface area contributed by atoms with Crippen LogP contribution in [0.1, 0.15) is 47.0 Å². The second kappa shape index (κ2) is 9.23. The van der Waals surface area contributed by atoms with Crippen LogP contribution < -0.4 is 0 Å². The highest BCUT2D eigenvalue weighted by Gasteiger charge is 2.14. The topological polar surface area (TPSA) is 29.5 Å². The summed E-state index contributed by atoms with van der Waals surface area (Å²) >= 11 is 0. The second-order valence-electron chi connectivity index (χ2n) is 4.42. The standard InChI is InChI=1S/C14H27NO2/c1-6-9-15(13(7-2)8-3)10-11-17-14(16)12(4)5/h13H,4,6-11H2,1-3,5H3. The summed E-state index contributed by atoms with van der Waals surface area (Å²) in [7, 11) is 0. The van der Waals surface area contributed by atoms with Gasteiger partial charge in [0.1, 0.15) is 6.61 Å². The van der Waals surface area contributed by atoms with Crippen molar-refractivity contribution in [2.75, 3.05) is 19.7 Å². The molecule has 0 fully saturated rings. The SMILES string of the molecule is C=C(C)C(=O)OCCN(CCC)C(CC)CC. The van der Waals surface area contributed by atoms with E-state index >= 15 is 0 Å². The Morgan fingerprint density at radius 2 is 1.82 bits per heavy atom. The smallest absolute Gasteiger partial charge is 0.333 e. The van der Waals surface area contributed by atoms with Gasteiger partial charge in [-0.25, -0.2) is 4.79 Å². The molecule has 0 aromatic carbocycles. The molecular formula is C14H27NO2. The van der Waals surface area contributed by atoms with E-state index in [2.05, 4.69) is 32.3 Å². The first-order valence-corrected chi connectivity index (χ1v) is 6.63. The van der Waals surface area contributed by atoms with Gasteiger partial charge in [-0.3, -0.25) is 4.90 Å². The molecule has 0 saturated heterocycles. The van der Waals surface area contributed by atoms with Crippen LogP contribution in [0.2, 0.25) is 0 Å². The summed E-state index contributed by atoms with van der Waals surface area (Å²) in [6, 6.07) is 0.596. The molecule has 0 amide bonds. The molecule has 0 bridgehead atoms. The van der Waals surface area contributed by atoms with E-state index < -0.39 is 0 Å². The van der Waals surface area contributed by atoms with Crippen molar-refractivity contribution < 1.29 is 9.53 Å². The third-order valence-electron chi connectivity index (χ3n) is 2.93. The van der Waals surface area contributed by atoms with Gasteiger partial charge < -0.3 is 4.74 Å². The van der Waals surface area contributed by atoms with Crippen molar-refractivity contribution in [3.8, 4) is 0 Å². The third kappa shape index (κ3) is 6.47. The molecule has 0 unspecified atom stereocenters. The summed E-state index contributed by atoms with van der Waals surface area (Å²) < 4.78 is 5.14. The molecule has 0 aliphatic heterocycles. The molecule has 0 aliphatic carbocycles. The summed E-state index contributed by atoms with van der Waals surface area (Å²) in [5, 5.41) is 0. The lowest BCUT2D eigenvalue weighted by Crippen LogP contribution is -2.38. The summed E-state index contributed by atoms with van der Waals surface area (Å²) in [5.41, 5.74) is 0.467. The largest absolute Gasteiger partial charge is 0.461 e. The first-order valence-electron chi connectivity index (χ1n) is 6.63. The Hall–Kier alpha value is -0.830. The molecule has 0 rings (SSSR count). The van der Waals surface area contributed by atoms with Gasteiger partial charge in [0.2, 0.25) is 0 Å². The van der Waals surface area contributed by atoms with Gasteiger partial charge in [-0.1, -0.05) is 27.4 Å². The van der Waals surface area contributed by atoms with Crippen LogP contribution in [0.15, 0.2) is 12.2 Å². The fourth-order valence-corrected chi connectivity index (χ4v) is 1.95. The van der Waals surface area contributed by atoms with E-state index in [-0.39, 0.29) is 5.97 Å². The number of hydrogen-bond acceptors (Lipinski definition) is 3. The molecule has 0 spiro atoms. The monoisotopic (exact) mass is 241 g/mol. The molecule has 0 heterocycles. The van der Waals surface area contributed by atoms with Crippen molar-refractivity contribution in [1.82, 2.24) is 4.90 Å². The van der Waals surface area contributed by atoms with Crippen molar-refractivity contribution in [1.29, 1.82) is 0 Å². The van der Waals surface area contributed by atoms with Crippen LogP contribution in [0, 0.1) is 0 Å². The van der Waals surface area contributed by atoms with Crippen molar-refractivity contribution in [2.45, 2.75) is 53.0 Å². The summed E-state index contributed by atoms with van der Waals surface area (Å²) in [6.45, 7) is 14.2. The van der Waals surface area contributed by atoms with Gasteiger partial charge in [-0.2, -0.15) is 0 Å². The minimum atomic E-state index is -0.286. The van der Waals surface area contributed by atoms with Gasteiger partial charge in [0.05, 0.1) is 0 Å². The molecule has 17 heavy (non-hydrogen) atoms. The molecule has 3 heteroatoms. The average Bonchev–Trinajstić information content (AvgIpc) is 2.30. The van der Waals surface area contributed by atoms with Crippen LogP contribution in [-0.4, -0.2) is 36.6 Å². The minimum absolute atomic E-state index is 0.286. The summed E-state index contributed by atoms with van der Waals surface area (Å²) in [4.78, 5) is 13.7. The first-order chi connectivity index (χ1) is 8.06. The molecule has 0 atom stereocenters. The Balaban J connectivity index is 4.08. The van der Waals surface area contributed by atoms with Gasteiger partial charge in [0.15, 0.2) is 0 Å². The Labute approximate surface area is 106 Å². The van der Waals surface area contributed by atoms with Crippen LogP contribution in [-0.2, 0) is 9.53 Å². The van der Waals surface area contributed by atoms with Crippen LogP contribution in [0.25, 0.3) is 0 Å². The fourth-order valence-electron chi connectivity index (χ4n) is 1.95. The predicted molar refractivity (Wildman–Crippen MR) is 72.0 cm³/mol. The maximum absolute atomic E-state index is 11.3. The number of ether oxygens (including phenoxy) is 1. The van der Waals surface area contributed by atoms with E-state index in [0.717, 1.165) is 32.4 Å². The first kappa shape index (κ1) is 16.2. The molecule has 0 aromatic rings. The average molecular weight is 241 g/mol. The number of rotatable bonds is 9. The van der Waals surface area contributed by atoms with Crippen LogP contribution in [0.5, 0.6) is 0 Å².